The summed E-state index contributed by atoms with van der Waals surface area (Å²) in [7, 11) is 0. The van der Waals surface area contributed by atoms with Gasteiger partial charge in [0.25, 0.3) is 0 Å². The quantitative estimate of drug-likeness (QED) is 0.615. The number of nitrogens with zero attached hydrogens (tertiary/aromatic N) is 1. The highest BCUT2D eigenvalue weighted by Crippen LogP contribution is 2.34. The Morgan fingerprint density at radius 3 is 2.39 bits per heavy atom. The number of alkyl halides is 3. The molecule has 0 N–H and O–H groups in total. The van der Waals surface area contributed by atoms with E-state index in [4.69, 9.17) is 14.7 Å². The van der Waals surface area contributed by atoms with Gasteiger partial charge in [-0.3, -0.25) is 0 Å². The van der Waals surface area contributed by atoms with Gasteiger partial charge in [-0.25, -0.2) is 4.79 Å². The van der Waals surface area contributed by atoms with Crippen LogP contribution in [-0.4, -0.2) is 12.1 Å². The maximum Gasteiger partial charge on any atom is 0.417 e. The summed E-state index contributed by atoms with van der Waals surface area (Å²) >= 11 is 0. The Hall–Kier alpha value is -3.01. The van der Waals surface area contributed by atoms with E-state index >= 15 is 0 Å². The van der Waals surface area contributed by atoms with E-state index in [1.807, 2.05) is 19.9 Å². The van der Waals surface area contributed by atoms with Gasteiger partial charge in [0.2, 0.25) is 0 Å². The number of hydrogen-bond donors (Lipinski definition) is 0. The second-order valence-corrected chi connectivity index (χ2v) is 6.65. The predicted molar refractivity (Wildman–Crippen MR) is 96.3 cm³/mol. The van der Waals surface area contributed by atoms with Gasteiger partial charge < -0.3 is 9.47 Å². The largest absolute Gasteiger partial charge is 0.479 e. The van der Waals surface area contributed by atoms with E-state index in [1.165, 1.54) is 12.1 Å². The zero-order valence-electron chi connectivity index (χ0n) is 15.5. The molecular weight excluding hydrogens is 371 g/mol. The molecule has 4 nitrogen and oxygen atoms in total. The first-order valence-electron chi connectivity index (χ1n) is 8.69. The SMILES string of the molecule is CC(C)CC(Oc1ccc(C#N)c(C(F)(F)F)c1)C(=O)OCc1ccccc1. The summed E-state index contributed by atoms with van der Waals surface area (Å²) in [5.41, 5.74) is -0.822. The summed E-state index contributed by atoms with van der Waals surface area (Å²) in [5.74, 6) is -0.751. The molecule has 0 radical (unpaired) electrons. The lowest BCUT2D eigenvalue weighted by Crippen LogP contribution is -2.31. The fraction of sp³-hybridized carbons (Fsp3) is 0.333. The van der Waals surface area contributed by atoms with Gasteiger partial charge in [0.1, 0.15) is 12.4 Å². The van der Waals surface area contributed by atoms with Crippen molar-refractivity contribution in [2.24, 2.45) is 5.92 Å². The summed E-state index contributed by atoms with van der Waals surface area (Å²) in [6.07, 6.45) is -5.49. The van der Waals surface area contributed by atoms with E-state index in [-0.39, 0.29) is 24.7 Å². The number of nitriles is 1. The minimum atomic E-state index is -4.70. The molecule has 0 saturated carbocycles. The van der Waals surface area contributed by atoms with Crippen LogP contribution in [0, 0.1) is 17.2 Å². The normalized spacial score (nSPS) is 12.3. The van der Waals surface area contributed by atoms with Crippen LogP contribution in [0.3, 0.4) is 0 Å². The van der Waals surface area contributed by atoms with E-state index in [0.29, 0.717) is 0 Å². The molecule has 28 heavy (non-hydrogen) atoms. The molecule has 1 atom stereocenters. The average Bonchev–Trinajstić information content (AvgIpc) is 2.65. The third kappa shape index (κ3) is 6.02. The zero-order valence-corrected chi connectivity index (χ0v) is 15.5. The van der Waals surface area contributed by atoms with Crippen LogP contribution in [0.4, 0.5) is 13.2 Å². The number of benzene rings is 2. The second-order valence-electron chi connectivity index (χ2n) is 6.65. The number of esters is 1. The molecule has 2 aromatic carbocycles. The second kappa shape index (κ2) is 9.27. The van der Waals surface area contributed by atoms with Crippen molar-refractivity contribution in [3.63, 3.8) is 0 Å². The van der Waals surface area contributed by atoms with Crippen LogP contribution in [0.2, 0.25) is 0 Å². The van der Waals surface area contributed by atoms with Crippen molar-refractivity contribution in [1.29, 1.82) is 5.26 Å². The summed E-state index contributed by atoms with van der Waals surface area (Å²) in [5, 5.41) is 8.88. The number of hydrogen-bond acceptors (Lipinski definition) is 4. The van der Waals surface area contributed by atoms with Gasteiger partial charge in [-0.15, -0.1) is 0 Å². The first kappa shape index (κ1) is 21.3. The van der Waals surface area contributed by atoms with Gasteiger partial charge in [0.05, 0.1) is 17.2 Å². The fourth-order valence-electron chi connectivity index (χ4n) is 2.54. The Morgan fingerprint density at radius 2 is 1.82 bits per heavy atom. The van der Waals surface area contributed by atoms with Crippen molar-refractivity contribution in [3.8, 4) is 11.8 Å². The predicted octanol–water partition coefficient (Wildman–Crippen LogP) is 5.11. The molecular formula is C21H20F3NO3. The van der Waals surface area contributed by atoms with Crippen LogP contribution < -0.4 is 4.74 Å². The van der Waals surface area contributed by atoms with Gasteiger partial charge in [-0.2, -0.15) is 18.4 Å². The third-order valence-corrected chi connectivity index (χ3v) is 3.87. The molecule has 0 spiro atoms. The number of ether oxygens (including phenoxy) is 2. The van der Waals surface area contributed by atoms with Crippen molar-refractivity contribution >= 4 is 5.97 Å². The number of rotatable bonds is 7. The molecule has 2 aromatic rings. The summed E-state index contributed by atoms with van der Waals surface area (Å²) in [6, 6.07) is 13.5. The van der Waals surface area contributed by atoms with Crippen molar-refractivity contribution in [2.45, 2.75) is 39.2 Å². The van der Waals surface area contributed by atoms with Crippen molar-refractivity contribution < 1.29 is 27.4 Å². The molecule has 0 heterocycles. The standard InChI is InChI=1S/C21H20F3NO3/c1-14(2)10-19(20(26)27-13-15-6-4-3-5-7-15)28-17-9-8-16(12-25)18(11-17)21(22,23)24/h3-9,11,14,19H,10,13H2,1-2H3. The Balaban J connectivity index is 2.17. The van der Waals surface area contributed by atoms with Gasteiger partial charge in [-0.05, 0) is 36.1 Å². The average molecular weight is 391 g/mol. The van der Waals surface area contributed by atoms with Gasteiger partial charge in [0.15, 0.2) is 6.10 Å². The monoisotopic (exact) mass is 391 g/mol. The molecule has 2 rings (SSSR count). The molecule has 0 saturated heterocycles. The van der Waals surface area contributed by atoms with E-state index in [9.17, 15) is 18.0 Å². The lowest BCUT2D eigenvalue weighted by Gasteiger charge is -2.20. The van der Waals surface area contributed by atoms with E-state index in [1.54, 1.807) is 24.3 Å². The molecule has 0 bridgehead atoms. The van der Waals surface area contributed by atoms with Crippen LogP contribution >= 0.6 is 0 Å². The van der Waals surface area contributed by atoms with Crippen LogP contribution in [0.5, 0.6) is 5.75 Å². The first-order chi connectivity index (χ1) is 13.2. The molecule has 0 aliphatic rings. The molecule has 1 unspecified atom stereocenters. The smallest absolute Gasteiger partial charge is 0.417 e. The Labute approximate surface area is 161 Å². The lowest BCUT2D eigenvalue weighted by molar-refractivity contribution is -0.154. The van der Waals surface area contributed by atoms with Gasteiger partial charge in [-0.1, -0.05) is 44.2 Å². The van der Waals surface area contributed by atoms with E-state index in [0.717, 1.165) is 17.7 Å². The van der Waals surface area contributed by atoms with Crippen LogP contribution in [0.25, 0.3) is 0 Å². The molecule has 0 fully saturated rings. The minimum Gasteiger partial charge on any atom is -0.479 e. The Kier molecular flexibility index (Phi) is 7.05. The molecule has 0 aromatic heterocycles. The molecule has 0 aliphatic heterocycles. The first-order valence-corrected chi connectivity index (χ1v) is 8.69. The summed E-state index contributed by atoms with van der Waals surface area (Å²) in [4.78, 5) is 12.4. The fourth-order valence-corrected chi connectivity index (χ4v) is 2.54. The van der Waals surface area contributed by atoms with Crippen LogP contribution in [0.15, 0.2) is 48.5 Å². The zero-order chi connectivity index (χ0) is 20.7. The molecule has 148 valence electrons. The maximum atomic E-state index is 13.1. The number of carbonyl (C=O) groups is 1. The van der Waals surface area contributed by atoms with Crippen LogP contribution in [-0.2, 0) is 22.3 Å². The minimum absolute atomic E-state index is 0.0405. The highest BCUT2D eigenvalue weighted by Gasteiger charge is 2.34. The maximum absolute atomic E-state index is 13.1. The van der Waals surface area contributed by atoms with Crippen molar-refractivity contribution in [3.05, 3.63) is 65.2 Å². The molecule has 0 aliphatic carbocycles. The Bertz CT molecular complexity index is 842. The molecule has 7 heteroatoms. The van der Waals surface area contributed by atoms with Crippen molar-refractivity contribution in [1.82, 2.24) is 0 Å². The number of halogens is 3. The summed E-state index contributed by atoms with van der Waals surface area (Å²) in [6.45, 7) is 3.76. The third-order valence-electron chi connectivity index (χ3n) is 3.87. The molecule has 0 amide bonds. The van der Waals surface area contributed by atoms with Crippen LogP contribution in [0.1, 0.15) is 37.0 Å². The summed E-state index contributed by atoms with van der Waals surface area (Å²) < 4.78 is 50.2. The van der Waals surface area contributed by atoms with Gasteiger partial charge in [0, 0.05) is 0 Å². The van der Waals surface area contributed by atoms with E-state index < -0.39 is 29.4 Å². The van der Waals surface area contributed by atoms with E-state index in [2.05, 4.69) is 0 Å². The van der Waals surface area contributed by atoms with Crippen molar-refractivity contribution in [2.75, 3.05) is 0 Å². The lowest BCUT2D eigenvalue weighted by atomic mass is 10.1. The highest BCUT2D eigenvalue weighted by molar-refractivity contribution is 5.75. The highest BCUT2D eigenvalue weighted by atomic mass is 19.4. The Morgan fingerprint density at radius 1 is 1.14 bits per heavy atom. The number of carbonyl (C=O) groups excluding carboxylic acids is 1. The van der Waals surface area contributed by atoms with Gasteiger partial charge >= 0.3 is 12.1 Å². The topological polar surface area (TPSA) is 59.3 Å².